The van der Waals surface area contributed by atoms with Gasteiger partial charge in [-0.15, -0.1) is 0 Å². The highest BCUT2D eigenvalue weighted by molar-refractivity contribution is 4.91. The van der Waals surface area contributed by atoms with Crippen LogP contribution in [0.4, 0.5) is 8.78 Å². The molecule has 0 amide bonds. The van der Waals surface area contributed by atoms with Gasteiger partial charge in [0.2, 0.25) is 0 Å². The Bertz CT molecular complexity index is 132. The molecule has 2 nitrogen and oxygen atoms in total. The summed E-state index contributed by atoms with van der Waals surface area (Å²) >= 11 is 0. The molecule has 2 atom stereocenters. The predicted octanol–water partition coefficient (Wildman–Crippen LogP) is 1.65. The Hall–Kier alpha value is -0.220. The average molecular weight is 181 g/mol. The highest BCUT2D eigenvalue weighted by Gasteiger charge is 2.39. The lowest BCUT2D eigenvalue weighted by molar-refractivity contribution is -0.0517. The van der Waals surface area contributed by atoms with Gasteiger partial charge in [-0.3, -0.25) is 0 Å². The van der Waals surface area contributed by atoms with Crippen molar-refractivity contribution in [3.63, 3.8) is 0 Å². The van der Waals surface area contributed by atoms with Crippen molar-refractivity contribution in [2.75, 3.05) is 13.7 Å². The van der Waals surface area contributed by atoms with Crippen molar-refractivity contribution in [1.29, 1.82) is 0 Å². The molecule has 0 saturated heterocycles. The van der Waals surface area contributed by atoms with Gasteiger partial charge in [-0.05, 0) is 20.4 Å². The maximum Gasteiger partial charge on any atom is 0.258 e. The molecule has 0 bridgehead atoms. The lowest BCUT2D eigenvalue weighted by Crippen LogP contribution is -2.56. The normalized spacial score (nSPS) is 19.2. The largest absolute Gasteiger partial charge is 0.380 e. The molecule has 0 aromatic heterocycles. The molecular weight excluding hydrogens is 164 g/mol. The molecular formula is C8H17F2NO. The van der Waals surface area contributed by atoms with Crippen molar-refractivity contribution in [2.45, 2.75) is 38.8 Å². The molecule has 0 aliphatic heterocycles. The van der Waals surface area contributed by atoms with E-state index < -0.39 is 18.1 Å². The van der Waals surface area contributed by atoms with Crippen LogP contribution in [0.25, 0.3) is 0 Å². The SMILES string of the molecule is CCNC(C)(C(F)F)C(C)OC. The van der Waals surface area contributed by atoms with Crippen LogP contribution in [0.15, 0.2) is 0 Å². The van der Waals surface area contributed by atoms with Gasteiger partial charge in [-0.1, -0.05) is 6.92 Å². The lowest BCUT2D eigenvalue weighted by Gasteiger charge is -2.34. The van der Waals surface area contributed by atoms with E-state index >= 15 is 0 Å². The second kappa shape index (κ2) is 4.72. The molecule has 0 aromatic carbocycles. The van der Waals surface area contributed by atoms with Crippen LogP contribution in [0.2, 0.25) is 0 Å². The number of ether oxygens (including phenoxy) is 1. The molecule has 0 aliphatic carbocycles. The van der Waals surface area contributed by atoms with Crippen molar-refractivity contribution in [2.24, 2.45) is 0 Å². The minimum absolute atomic E-state index is 0.502. The van der Waals surface area contributed by atoms with E-state index in [2.05, 4.69) is 5.32 Å². The molecule has 74 valence electrons. The second-order valence-corrected chi connectivity index (χ2v) is 2.99. The summed E-state index contributed by atoms with van der Waals surface area (Å²) in [5.41, 5.74) is -1.25. The lowest BCUT2D eigenvalue weighted by atomic mass is 9.96. The van der Waals surface area contributed by atoms with Crippen LogP contribution in [0, 0.1) is 0 Å². The van der Waals surface area contributed by atoms with Crippen LogP contribution in [0.1, 0.15) is 20.8 Å². The van der Waals surface area contributed by atoms with E-state index in [0.717, 1.165) is 0 Å². The van der Waals surface area contributed by atoms with Gasteiger partial charge in [0.1, 0.15) is 5.54 Å². The Labute approximate surface area is 72.3 Å². The molecule has 0 heterocycles. The zero-order chi connectivity index (χ0) is 9.78. The third-order valence-corrected chi connectivity index (χ3v) is 2.21. The summed E-state index contributed by atoms with van der Waals surface area (Å²) in [6.07, 6.45) is -2.93. The minimum Gasteiger partial charge on any atom is -0.380 e. The van der Waals surface area contributed by atoms with Crippen LogP contribution < -0.4 is 5.32 Å². The number of halogens is 2. The molecule has 1 N–H and O–H groups in total. The van der Waals surface area contributed by atoms with E-state index in [0.29, 0.717) is 6.54 Å². The highest BCUT2D eigenvalue weighted by atomic mass is 19.3. The smallest absolute Gasteiger partial charge is 0.258 e. The van der Waals surface area contributed by atoms with Crippen molar-refractivity contribution < 1.29 is 13.5 Å². The molecule has 2 unspecified atom stereocenters. The number of rotatable bonds is 5. The maximum absolute atomic E-state index is 12.6. The van der Waals surface area contributed by atoms with Gasteiger partial charge < -0.3 is 10.1 Å². The summed E-state index contributed by atoms with van der Waals surface area (Å²) in [6.45, 7) is 5.40. The number of nitrogens with one attached hydrogen (secondary N) is 1. The minimum atomic E-state index is -2.42. The quantitative estimate of drug-likeness (QED) is 0.696. The maximum atomic E-state index is 12.6. The Kier molecular flexibility index (Phi) is 4.63. The van der Waals surface area contributed by atoms with Crippen LogP contribution in [-0.2, 0) is 4.74 Å². The topological polar surface area (TPSA) is 21.3 Å². The fraction of sp³-hybridized carbons (Fsp3) is 1.00. The summed E-state index contributed by atoms with van der Waals surface area (Å²) in [5, 5.41) is 2.73. The second-order valence-electron chi connectivity index (χ2n) is 2.99. The van der Waals surface area contributed by atoms with Gasteiger partial charge in [-0.2, -0.15) is 0 Å². The van der Waals surface area contributed by atoms with E-state index in [9.17, 15) is 8.78 Å². The molecule has 0 saturated carbocycles. The van der Waals surface area contributed by atoms with E-state index in [4.69, 9.17) is 4.74 Å². The number of hydrogen-bond acceptors (Lipinski definition) is 2. The Morgan fingerprint density at radius 1 is 1.50 bits per heavy atom. The fourth-order valence-corrected chi connectivity index (χ4v) is 1.02. The van der Waals surface area contributed by atoms with Crippen molar-refractivity contribution in [3.05, 3.63) is 0 Å². The summed E-state index contributed by atoms with van der Waals surface area (Å²) in [5.74, 6) is 0. The van der Waals surface area contributed by atoms with Crippen LogP contribution in [0.3, 0.4) is 0 Å². The Morgan fingerprint density at radius 2 is 2.00 bits per heavy atom. The molecule has 0 rings (SSSR count). The zero-order valence-corrected chi connectivity index (χ0v) is 8.03. The third-order valence-electron chi connectivity index (χ3n) is 2.21. The van der Waals surface area contributed by atoms with E-state index in [1.165, 1.54) is 14.0 Å². The first kappa shape index (κ1) is 11.8. The number of likely N-dealkylation sites (N-methyl/N-ethyl adjacent to an activating group) is 1. The monoisotopic (exact) mass is 181 g/mol. The summed E-state index contributed by atoms with van der Waals surface area (Å²) in [7, 11) is 1.43. The number of hydrogen-bond donors (Lipinski definition) is 1. The highest BCUT2D eigenvalue weighted by Crippen LogP contribution is 2.21. The molecule has 4 heteroatoms. The van der Waals surface area contributed by atoms with Crippen LogP contribution in [-0.4, -0.2) is 31.7 Å². The van der Waals surface area contributed by atoms with Crippen molar-refractivity contribution >= 4 is 0 Å². The summed E-state index contributed by atoms with van der Waals surface area (Å²) in [4.78, 5) is 0. The standard InChI is InChI=1S/C8H17F2NO/c1-5-11-8(3,7(9)10)6(2)12-4/h6-7,11H,5H2,1-4H3. The Morgan fingerprint density at radius 3 is 2.25 bits per heavy atom. The van der Waals surface area contributed by atoms with Crippen LogP contribution >= 0.6 is 0 Å². The van der Waals surface area contributed by atoms with Crippen molar-refractivity contribution in [1.82, 2.24) is 5.32 Å². The van der Waals surface area contributed by atoms with Crippen LogP contribution in [0.5, 0.6) is 0 Å². The first-order valence-electron chi connectivity index (χ1n) is 4.05. The predicted molar refractivity (Wildman–Crippen MR) is 44.6 cm³/mol. The van der Waals surface area contributed by atoms with Gasteiger partial charge in [0.25, 0.3) is 6.43 Å². The van der Waals surface area contributed by atoms with Gasteiger partial charge in [0.05, 0.1) is 6.10 Å². The molecule has 12 heavy (non-hydrogen) atoms. The van der Waals surface area contributed by atoms with E-state index in [-0.39, 0.29) is 0 Å². The summed E-state index contributed by atoms with van der Waals surface area (Å²) < 4.78 is 30.0. The van der Waals surface area contributed by atoms with Gasteiger partial charge in [0.15, 0.2) is 0 Å². The van der Waals surface area contributed by atoms with E-state index in [1.807, 2.05) is 0 Å². The third kappa shape index (κ3) is 2.38. The first-order valence-corrected chi connectivity index (χ1v) is 4.05. The zero-order valence-electron chi connectivity index (χ0n) is 8.03. The van der Waals surface area contributed by atoms with Gasteiger partial charge >= 0.3 is 0 Å². The fourth-order valence-electron chi connectivity index (χ4n) is 1.02. The van der Waals surface area contributed by atoms with Gasteiger partial charge in [0, 0.05) is 7.11 Å². The number of methoxy groups -OCH3 is 1. The Balaban J connectivity index is 4.37. The first-order chi connectivity index (χ1) is 5.49. The van der Waals surface area contributed by atoms with Crippen molar-refractivity contribution in [3.8, 4) is 0 Å². The molecule has 0 radical (unpaired) electrons. The average Bonchev–Trinajstić information content (AvgIpc) is 2.03. The molecule has 0 aromatic rings. The van der Waals surface area contributed by atoms with Gasteiger partial charge in [-0.25, -0.2) is 8.78 Å². The molecule has 0 aliphatic rings. The molecule has 0 fully saturated rings. The summed E-state index contributed by atoms with van der Waals surface area (Å²) in [6, 6.07) is 0. The molecule has 0 spiro atoms. The van der Waals surface area contributed by atoms with E-state index in [1.54, 1.807) is 13.8 Å². The number of alkyl halides is 2.